The molecule has 1 saturated carbocycles. The Hall–Kier alpha value is -0.190. The molecule has 1 nitrogen and oxygen atoms in total. The van der Waals surface area contributed by atoms with Crippen LogP contribution in [0.3, 0.4) is 0 Å². The fraction of sp³-hybridized carbons (Fsp3) is 0.600. The van der Waals surface area contributed by atoms with Crippen molar-refractivity contribution in [1.82, 2.24) is 5.32 Å². The Morgan fingerprint density at radius 2 is 2.32 bits per heavy atom. The van der Waals surface area contributed by atoms with Crippen LogP contribution in [0, 0.1) is 5.82 Å². The van der Waals surface area contributed by atoms with Crippen molar-refractivity contribution in [2.75, 3.05) is 18.6 Å². The van der Waals surface area contributed by atoms with E-state index in [-0.39, 0.29) is 5.82 Å². The van der Waals surface area contributed by atoms with E-state index in [2.05, 4.69) is 17.6 Å². The van der Waals surface area contributed by atoms with E-state index in [4.69, 9.17) is 0 Å². The molecule has 1 N–H and O–H groups in total. The topological polar surface area (TPSA) is 12.0 Å². The molecule has 1 aromatic rings. The van der Waals surface area contributed by atoms with Crippen LogP contribution in [-0.2, 0) is 0 Å². The van der Waals surface area contributed by atoms with E-state index in [1.54, 1.807) is 17.8 Å². The first kappa shape index (κ1) is 13.8. The Bertz CT molecular complexity index is 454. The Balaban J connectivity index is 1.72. The Morgan fingerprint density at radius 3 is 3.00 bits per heavy atom. The molecule has 0 aromatic heterocycles. The van der Waals surface area contributed by atoms with Crippen molar-refractivity contribution < 1.29 is 4.39 Å². The van der Waals surface area contributed by atoms with Gasteiger partial charge in [0.05, 0.1) is 0 Å². The Labute approximate surface area is 123 Å². The van der Waals surface area contributed by atoms with Crippen LogP contribution < -0.4 is 5.32 Å². The van der Waals surface area contributed by atoms with Gasteiger partial charge in [-0.1, -0.05) is 18.6 Å². The predicted octanol–water partition coefficient (Wildman–Crippen LogP) is 4.24. The molecular weight excluding hydrogens is 277 g/mol. The summed E-state index contributed by atoms with van der Waals surface area (Å²) >= 11 is 3.65. The second-order valence-corrected chi connectivity index (χ2v) is 7.85. The highest BCUT2D eigenvalue weighted by Crippen LogP contribution is 2.43. The van der Waals surface area contributed by atoms with E-state index in [1.807, 2.05) is 17.8 Å². The summed E-state index contributed by atoms with van der Waals surface area (Å²) in [5.41, 5.74) is 1.16. The third-order valence-corrected chi connectivity index (χ3v) is 6.97. The first-order chi connectivity index (χ1) is 9.24. The third-order valence-electron chi connectivity index (χ3n) is 4.39. The van der Waals surface area contributed by atoms with Gasteiger partial charge in [0.1, 0.15) is 5.82 Å². The van der Waals surface area contributed by atoms with Crippen LogP contribution in [-0.4, -0.2) is 23.3 Å². The number of thioether (sulfide) groups is 2. The fourth-order valence-corrected chi connectivity index (χ4v) is 5.00. The van der Waals surface area contributed by atoms with Crippen LogP contribution in [0.4, 0.5) is 4.39 Å². The average molecular weight is 297 g/mol. The van der Waals surface area contributed by atoms with Crippen LogP contribution >= 0.6 is 23.5 Å². The van der Waals surface area contributed by atoms with Crippen LogP contribution in [0.5, 0.6) is 0 Å². The van der Waals surface area contributed by atoms with E-state index in [1.165, 1.54) is 19.3 Å². The van der Waals surface area contributed by atoms with Gasteiger partial charge in [-0.25, -0.2) is 4.39 Å². The molecular formula is C15H20FNS2. The molecule has 0 radical (unpaired) electrons. The van der Waals surface area contributed by atoms with Crippen LogP contribution in [0.15, 0.2) is 23.1 Å². The lowest BCUT2D eigenvalue weighted by atomic mass is 9.84. The standard InChI is InChI=1S/C15H20FNS2/c1-18-15(7-3-8-15)10-17-13-6-9-19-14-11(13)4-2-5-12(14)16/h2,4-5,13,17H,3,6-10H2,1H3. The van der Waals surface area contributed by atoms with E-state index < -0.39 is 0 Å². The van der Waals surface area contributed by atoms with Crippen molar-refractivity contribution in [2.24, 2.45) is 0 Å². The van der Waals surface area contributed by atoms with Gasteiger partial charge in [0.15, 0.2) is 0 Å². The number of nitrogens with one attached hydrogen (secondary N) is 1. The summed E-state index contributed by atoms with van der Waals surface area (Å²) in [6.07, 6.45) is 7.31. The normalized spacial score (nSPS) is 24.6. The molecule has 1 aliphatic heterocycles. The number of benzene rings is 1. The van der Waals surface area contributed by atoms with Crippen LogP contribution in [0.1, 0.15) is 37.3 Å². The predicted molar refractivity (Wildman–Crippen MR) is 82.6 cm³/mol. The molecule has 19 heavy (non-hydrogen) atoms. The Kier molecular flexibility index (Phi) is 4.11. The smallest absolute Gasteiger partial charge is 0.137 e. The quantitative estimate of drug-likeness (QED) is 0.893. The maximum absolute atomic E-state index is 13.8. The molecule has 1 aromatic carbocycles. The SMILES string of the molecule is CSC1(CNC2CCSc3c(F)cccc32)CCC1. The lowest BCUT2D eigenvalue weighted by Crippen LogP contribution is -2.44. The summed E-state index contributed by atoms with van der Waals surface area (Å²) in [7, 11) is 0. The second-order valence-electron chi connectivity index (χ2n) is 5.47. The highest BCUT2D eigenvalue weighted by Gasteiger charge is 2.36. The number of hydrogen-bond donors (Lipinski definition) is 1. The number of rotatable bonds is 4. The number of hydrogen-bond acceptors (Lipinski definition) is 3. The zero-order valence-corrected chi connectivity index (χ0v) is 12.9. The van der Waals surface area contributed by atoms with E-state index >= 15 is 0 Å². The highest BCUT2D eigenvalue weighted by atomic mass is 32.2. The molecule has 1 atom stereocenters. The molecule has 2 aliphatic rings. The average Bonchev–Trinajstić information content (AvgIpc) is 2.39. The van der Waals surface area contributed by atoms with Crippen molar-refractivity contribution in [3.05, 3.63) is 29.6 Å². The van der Waals surface area contributed by atoms with Gasteiger partial charge in [-0.3, -0.25) is 0 Å². The van der Waals surface area contributed by atoms with Gasteiger partial charge in [-0.05, 0) is 42.9 Å². The number of halogens is 1. The fourth-order valence-electron chi connectivity index (χ4n) is 2.93. The summed E-state index contributed by atoms with van der Waals surface area (Å²) < 4.78 is 14.3. The van der Waals surface area contributed by atoms with Gasteiger partial charge in [0.25, 0.3) is 0 Å². The van der Waals surface area contributed by atoms with Gasteiger partial charge in [-0.2, -0.15) is 11.8 Å². The van der Waals surface area contributed by atoms with Crippen LogP contribution in [0.2, 0.25) is 0 Å². The van der Waals surface area contributed by atoms with Crippen molar-refractivity contribution in [3.8, 4) is 0 Å². The van der Waals surface area contributed by atoms with Crippen molar-refractivity contribution >= 4 is 23.5 Å². The molecule has 0 spiro atoms. The maximum Gasteiger partial charge on any atom is 0.137 e. The van der Waals surface area contributed by atoms with Crippen molar-refractivity contribution in [1.29, 1.82) is 0 Å². The van der Waals surface area contributed by atoms with Crippen molar-refractivity contribution in [3.63, 3.8) is 0 Å². The molecule has 0 amide bonds. The van der Waals surface area contributed by atoms with Crippen molar-refractivity contribution in [2.45, 2.75) is 41.4 Å². The summed E-state index contributed by atoms with van der Waals surface area (Å²) in [6.45, 7) is 1.06. The molecule has 1 fully saturated rings. The molecule has 104 valence electrons. The second kappa shape index (κ2) is 5.66. The van der Waals surface area contributed by atoms with Gasteiger partial charge < -0.3 is 5.32 Å². The lowest BCUT2D eigenvalue weighted by molar-refractivity contribution is 0.326. The molecule has 0 bridgehead atoms. The molecule has 1 aliphatic carbocycles. The maximum atomic E-state index is 13.8. The van der Waals surface area contributed by atoms with Gasteiger partial charge in [-0.15, -0.1) is 11.8 Å². The van der Waals surface area contributed by atoms with E-state index in [9.17, 15) is 4.39 Å². The van der Waals surface area contributed by atoms with Gasteiger partial charge in [0, 0.05) is 22.2 Å². The summed E-state index contributed by atoms with van der Waals surface area (Å²) in [4.78, 5) is 0.859. The summed E-state index contributed by atoms with van der Waals surface area (Å²) in [6, 6.07) is 5.82. The lowest BCUT2D eigenvalue weighted by Gasteiger charge is -2.42. The third kappa shape index (κ3) is 2.67. The number of fused-ring (bicyclic) bond motifs is 1. The minimum absolute atomic E-state index is 0.0581. The zero-order valence-electron chi connectivity index (χ0n) is 11.2. The summed E-state index contributed by atoms with van der Waals surface area (Å²) in [5.74, 6) is 0.954. The Morgan fingerprint density at radius 1 is 1.47 bits per heavy atom. The highest BCUT2D eigenvalue weighted by molar-refractivity contribution is 8.00. The first-order valence-corrected chi connectivity index (χ1v) is 9.15. The molecule has 0 saturated heterocycles. The molecule has 1 unspecified atom stereocenters. The monoisotopic (exact) mass is 297 g/mol. The van der Waals surface area contributed by atoms with E-state index in [0.29, 0.717) is 10.8 Å². The first-order valence-electron chi connectivity index (χ1n) is 6.94. The molecule has 1 heterocycles. The largest absolute Gasteiger partial charge is 0.308 e. The summed E-state index contributed by atoms with van der Waals surface area (Å²) in [5, 5.41) is 3.70. The van der Waals surface area contributed by atoms with E-state index in [0.717, 1.165) is 29.2 Å². The minimum atomic E-state index is -0.0581. The zero-order chi connectivity index (χ0) is 13.3. The van der Waals surface area contributed by atoms with Gasteiger partial charge >= 0.3 is 0 Å². The van der Waals surface area contributed by atoms with Gasteiger partial charge in [0.2, 0.25) is 0 Å². The minimum Gasteiger partial charge on any atom is -0.308 e. The molecule has 3 rings (SSSR count). The van der Waals surface area contributed by atoms with Crippen LogP contribution in [0.25, 0.3) is 0 Å². The molecule has 4 heteroatoms.